The highest BCUT2D eigenvalue weighted by Crippen LogP contribution is 2.43. The maximum absolute atomic E-state index is 12.3. The number of allylic oxidation sites excluding steroid dienone is 1. The van der Waals surface area contributed by atoms with Crippen LogP contribution < -0.4 is 19.9 Å². The molecule has 3 aromatic rings. The van der Waals surface area contributed by atoms with Crippen LogP contribution in [0, 0.1) is 18.3 Å². The molecule has 0 aromatic heterocycles. The van der Waals surface area contributed by atoms with Crippen LogP contribution in [0.5, 0.6) is 17.2 Å². The van der Waals surface area contributed by atoms with E-state index < -0.39 is 11.9 Å². The molecular formula is C25H18BrClN2O4. The van der Waals surface area contributed by atoms with Crippen molar-refractivity contribution in [3.05, 3.63) is 98.3 Å². The maximum Gasteiger partial charge on any atom is 0.349 e. The zero-order valence-electron chi connectivity index (χ0n) is 17.5. The lowest BCUT2D eigenvalue weighted by molar-refractivity contribution is -0.136. The number of carbonyl (C=O) groups is 1. The second-order valence-electron chi connectivity index (χ2n) is 7.35. The van der Waals surface area contributed by atoms with E-state index in [1.54, 1.807) is 36.4 Å². The van der Waals surface area contributed by atoms with Crippen molar-refractivity contribution < 1.29 is 19.0 Å². The van der Waals surface area contributed by atoms with E-state index in [0.717, 1.165) is 21.2 Å². The Hall–Kier alpha value is -3.47. The summed E-state index contributed by atoms with van der Waals surface area (Å²) in [5.41, 5.74) is 8.81. The summed E-state index contributed by atoms with van der Waals surface area (Å²) in [6, 6.07) is 19.9. The van der Waals surface area contributed by atoms with E-state index >= 15 is 0 Å². The van der Waals surface area contributed by atoms with Crippen LogP contribution in [-0.4, -0.2) is 12.6 Å². The summed E-state index contributed by atoms with van der Waals surface area (Å²) in [7, 11) is 0. The lowest BCUT2D eigenvalue weighted by Gasteiger charge is -2.26. The number of benzene rings is 3. The Balaban J connectivity index is 1.53. The van der Waals surface area contributed by atoms with Crippen LogP contribution in [0.15, 0.2) is 76.6 Å². The molecule has 1 heterocycles. The monoisotopic (exact) mass is 524 g/mol. The van der Waals surface area contributed by atoms with Gasteiger partial charge in [-0.15, -0.1) is 0 Å². The van der Waals surface area contributed by atoms with Gasteiger partial charge in [0.25, 0.3) is 0 Å². The van der Waals surface area contributed by atoms with Crippen molar-refractivity contribution in [2.75, 3.05) is 6.61 Å². The molecule has 0 spiro atoms. The third kappa shape index (κ3) is 4.98. The van der Waals surface area contributed by atoms with E-state index in [-0.39, 0.29) is 18.2 Å². The molecular weight excluding hydrogens is 508 g/mol. The molecule has 0 amide bonds. The van der Waals surface area contributed by atoms with Crippen molar-refractivity contribution in [3.63, 3.8) is 0 Å². The van der Waals surface area contributed by atoms with Gasteiger partial charge in [0, 0.05) is 21.1 Å². The Morgan fingerprint density at radius 1 is 1.18 bits per heavy atom. The minimum atomic E-state index is -0.578. The second kappa shape index (κ2) is 9.57. The molecule has 0 bridgehead atoms. The molecule has 8 heteroatoms. The number of hydrogen-bond donors (Lipinski definition) is 1. The zero-order valence-corrected chi connectivity index (χ0v) is 19.8. The van der Waals surface area contributed by atoms with Gasteiger partial charge >= 0.3 is 5.97 Å². The highest BCUT2D eigenvalue weighted by atomic mass is 79.9. The first-order chi connectivity index (χ1) is 15.9. The van der Waals surface area contributed by atoms with Gasteiger partial charge in [0.15, 0.2) is 6.61 Å². The number of nitriles is 1. The first-order valence-corrected chi connectivity index (χ1v) is 11.1. The fourth-order valence-electron chi connectivity index (χ4n) is 3.57. The van der Waals surface area contributed by atoms with Crippen molar-refractivity contribution in [1.29, 1.82) is 5.26 Å². The van der Waals surface area contributed by atoms with E-state index in [2.05, 4.69) is 22.0 Å². The summed E-state index contributed by atoms with van der Waals surface area (Å²) in [5, 5.41) is 10.3. The lowest BCUT2D eigenvalue weighted by Crippen LogP contribution is -2.21. The average Bonchev–Trinajstić information content (AvgIpc) is 2.78. The van der Waals surface area contributed by atoms with Crippen LogP contribution in [0.4, 0.5) is 0 Å². The van der Waals surface area contributed by atoms with E-state index in [0.29, 0.717) is 22.1 Å². The quantitative estimate of drug-likeness (QED) is 0.343. The van der Waals surface area contributed by atoms with E-state index in [4.69, 9.17) is 31.5 Å². The molecule has 0 saturated heterocycles. The van der Waals surface area contributed by atoms with Crippen LogP contribution >= 0.6 is 27.5 Å². The lowest BCUT2D eigenvalue weighted by atomic mass is 9.83. The van der Waals surface area contributed by atoms with Crippen LogP contribution in [0.3, 0.4) is 0 Å². The molecule has 0 saturated carbocycles. The van der Waals surface area contributed by atoms with Crippen LogP contribution in [-0.2, 0) is 4.79 Å². The van der Waals surface area contributed by atoms with Gasteiger partial charge in [0.05, 0.1) is 5.92 Å². The number of nitrogens with two attached hydrogens (primary N) is 1. The zero-order chi connectivity index (χ0) is 23.5. The van der Waals surface area contributed by atoms with Gasteiger partial charge in [-0.25, -0.2) is 4.79 Å². The molecule has 1 atom stereocenters. The fraction of sp³-hybridized carbons (Fsp3) is 0.120. The number of fused-ring (bicyclic) bond motifs is 1. The number of ether oxygens (including phenoxy) is 3. The van der Waals surface area contributed by atoms with Crippen LogP contribution in [0.25, 0.3) is 0 Å². The molecule has 0 radical (unpaired) electrons. The number of hydrogen-bond acceptors (Lipinski definition) is 6. The third-order valence-corrected chi connectivity index (χ3v) is 5.87. The summed E-state index contributed by atoms with van der Waals surface area (Å²) in [6.45, 7) is 1.56. The topological polar surface area (TPSA) is 94.6 Å². The SMILES string of the molecule is Cc1cc(Cl)ccc1OCC(=O)Oc1ccc2c(c1)OC(N)=C(C#N)C2c1ccc(Br)cc1. The number of esters is 1. The molecule has 33 heavy (non-hydrogen) atoms. The summed E-state index contributed by atoms with van der Waals surface area (Å²) >= 11 is 9.36. The Bertz CT molecular complexity index is 1300. The highest BCUT2D eigenvalue weighted by Gasteiger charge is 2.31. The third-order valence-electron chi connectivity index (χ3n) is 5.11. The number of rotatable bonds is 5. The Kier molecular flexibility index (Phi) is 6.59. The molecule has 0 aliphatic carbocycles. The molecule has 4 rings (SSSR count). The maximum atomic E-state index is 12.3. The number of carbonyl (C=O) groups excluding carboxylic acids is 1. The molecule has 166 valence electrons. The van der Waals surface area contributed by atoms with Crippen molar-refractivity contribution >= 4 is 33.5 Å². The Morgan fingerprint density at radius 2 is 1.94 bits per heavy atom. The summed E-state index contributed by atoms with van der Waals surface area (Å²) in [4.78, 5) is 12.3. The first-order valence-electron chi connectivity index (χ1n) is 9.92. The predicted octanol–water partition coefficient (Wildman–Crippen LogP) is 5.61. The smallest absolute Gasteiger partial charge is 0.349 e. The van der Waals surface area contributed by atoms with Gasteiger partial charge in [-0.1, -0.05) is 45.7 Å². The minimum absolute atomic E-state index is 0.0166. The van der Waals surface area contributed by atoms with Crippen molar-refractivity contribution in [1.82, 2.24) is 0 Å². The second-order valence-corrected chi connectivity index (χ2v) is 8.70. The Labute approximate surface area is 204 Å². The Morgan fingerprint density at radius 3 is 2.64 bits per heavy atom. The average molecular weight is 526 g/mol. The van der Waals surface area contributed by atoms with E-state index in [1.807, 2.05) is 31.2 Å². The first kappa shape index (κ1) is 22.7. The van der Waals surface area contributed by atoms with Gasteiger partial charge in [0.1, 0.15) is 28.9 Å². The molecule has 1 unspecified atom stereocenters. The molecule has 0 fully saturated rings. The molecule has 2 N–H and O–H groups in total. The minimum Gasteiger partial charge on any atom is -0.482 e. The predicted molar refractivity (Wildman–Crippen MR) is 127 cm³/mol. The highest BCUT2D eigenvalue weighted by molar-refractivity contribution is 9.10. The van der Waals surface area contributed by atoms with Gasteiger partial charge < -0.3 is 19.9 Å². The van der Waals surface area contributed by atoms with Crippen molar-refractivity contribution in [2.24, 2.45) is 5.73 Å². The van der Waals surface area contributed by atoms with Crippen LogP contribution in [0.1, 0.15) is 22.6 Å². The normalized spacial score (nSPS) is 14.7. The van der Waals surface area contributed by atoms with Crippen molar-refractivity contribution in [3.8, 4) is 23.3 Å². The molecule has 3 aromatic carbocycles. The van der Waals surface area contributed by atoms with Gasteiger partial charge in [-0.3, -0.25) is 0 Å². The number of nitrogens with zero attached hydrogens (tertiary/aromatic N) is 1. The standard InChI is InChI=1S/C25H18BrClN2O4/c1-14-10-17(27)6-9-21(14)31-13-23(30)32-18-7-8-19-22(11-18)33-25(29)20(12-28)24(19)15-2-4-16(26)5-3-15/h2-11,24H,13,29H2,1H3. The van der Waals surface area contributed by atoms with Gasteiger partial charge in [-0.2, -0.15) is 5.26 Å². The van der Waals surface area contributed by atoms with Gasteiger partial charge in [-0.05, 0) is 54.4 Å². The summed E-state index contributed by atoms with van der Waals surface area (Å²) < 4.78 is 17.6. The van der Waals surface area contributed by atoms with Crippen LogP contribution in [0.2, 0.25) is 5.02 Å². The summed E-state index contributed by atoms with van der Waals surface area (Å²) in [6.07, 6.45) is 0. The molecule has 6 nitrogen and oxygen atoms in total. The van der Waals surface area contributed by atoms with E-state index in [9.17, 15) is 10.1 Å². The number of halogens is 2. The van der Waals surface area contributed by atoms with Gasteiger partial charge in [0.2, 0.25) is 5.88 Å². The van der Waals surface area contributed by atoms with Crippen molar-refractivity contribution in [2.45, 2.75) is 12.8 Å². The largest absolute Gasteiger partial charge is 0.482 e. The fourth-order valence-corrected chi connectivity index (χ4v) is 4.06. The van der Waals surface area contributed by atoms with E-state index in [1.165, 1.54) is 0 Å². The summed E-state index contributed by atoms with van der Waals surface area (Å²) in [5.74, 6) is 0.281. The number of aryl methyl sites for hydroxylation is 1. The molecule has 1 aliphatic heterocycles. The molecule has 1 aliphatic rings.